The second kappa shape index (κ2) is 10.6. The molecule has 39 heavy (non-hydrogen) atoms. The molecule has 1 atom stereocenters. The number of nitrogens with zero attached hydrogens (tertiary/aromatic N) is 4. The Labute approximate surface area is 228 Å². The second-order valence-corrected chi connectivity index (χ2v) is 14.0. The van der Waals surface area contributed by atoms with Gasteiger partial charge in [-0.2, -0.15) is 5.10 Å². The van der Waals surface area contributed by atoms with Gasteiger partial charge in [-0.05, 0) is 66.9 Å². The van der Waals surface area contributed by atoms with Crippen LogP contribution in [-0.4, -0.2) is 62.8 Å². The molecule has 0 saturated carbocycles. The minimum absolute atomic E-state index is 0.0955. The summed E-state index contributed by atoms with van der Waals surface area (Å²) in [6.45, 7) is 5.31. The molecular weight excluding hydrogens is 514 g/mol. The van der Waals surface area contributed by atoms with Crippen molar-refractivity contribution in [1.29, 1.82) is 0 Å². The molecule has 2 aromatic heterocycles. The van der Waals surface area contributed by atoms with Crippen LogP contribution in [0.5, 0.6) is 0 Å². The van der Waals surface area contributed by atoms with Crippen LogP contribution < -0.4 is 21.6 Å². The van der Waals surface area contributed by atoms with Crippen LogP contribution >= 0.6 is 6.89 Å². The minimum atomic E-state index is -1.78. The largest absolute Gasteiger partial charge is 0.396 e. The molecule has 0 spiro atoms. The predicted molar refractivity (Wildman–Crippen MR) is 159 cm³/mol. The number of fused-ring (bicyclic) bond motifs is 1. The van der Waals surface area contributed by atoms with Crippen LogP contribution in [0.2, 0.25) is 0 Å². The smallest absolute Gasteiger partial charge is 0.338 e. The zero-order chi connectivity index (χ0) is 27.9. The van der Waals surface area contributed by atoms with Crippen molar-refractivity contribution in [3.05, 3.63) is 81.4 Å². The molecule has 3 N–H and O–H groups in total. The molecule has 206 valence electrons. The van der Waals surface area contributed by atoms with Crippen LogP contribution in [0.1, 0.15) is 29.3 Å². The molecule has 0 aliphatic carbocycles. The summed E-state index contributed by atoms with van der Waals surface area (Å²) in [4.78, 5) is 13.9. The Kier molecular flexibility index (Phi) is 7.42. The predicted octanol–water partition coefficient (Wildman–Crippen LogP) is 3.34. The molecule has 5 rings (SSSR count). The van der Waals surface area contributed by atoms with E-state index in [1.165, 1.54) is 0 Å². The molecule has 10 heteroatoms. The average molecular weight is 551 g/mol. The molecule has 0 radical (unpaired) electrons. The van der Waals surface area contributed by atoms with Gasteiger partial charge in [-0.15, -0.1) is 0 Å². The number of nitrogens with one attached hydrogen (secondary N) is 2. The third-order valence-corrected chi connectivity index (χ3v) is 11.4. The summed E-state index contributed by atoms with van der Waals surface area (Å²) in [6.07, 6.45) is 10.3. The van der Waals surface area contributed by atoms with E-state index < -0.39 is 6.89 Å². The van der Waals surface area contributed by atoms with Crippen LogP contribution in [0, 0.1) is 19.7 Å². The SMILES string of the molecule is C=P(CC)(CCO)c1ccc(-n2ccn(-c3c4c(nn3-c3cc(C)c(F)c(C)c3)CCNC4)c2=O)cc1NC. The number of imidazole rings is 1. The van der Waals surface area contributed by atoms with Crippen LogP contribution in [0.3, 0.4) is 0 Å². The van der Waals surface area contributed by atoms with Gasteiger partial charge < -0.3 is 15.7 Å². The third-order valence-electron chi connectivity index (χ3n) is 7.72. The minimum Gasteiger partial charge on any atom is -0.396 e. The number of hydrogen-bond acceptors (Lipinski definition) is 5. The number of aryl methyl sites for hydroxylation is 2. The lowest BCUT2D eigenvalue weighted by Crippen LogP contribution is -2.27. The van der Waals surface area contributed by atoms with Gasteiger partial charge in [0.05, 0.1) is 17.1 Å². The Hall–Kier alpha value is -3.39. The first kappa shape index (κ1) is 27.2. The lowest BCUT2D eigenvalue weighted by Gasteiger charge is -2.25. The van der Waals surface area contributed by atoms with Gasteiger partial charge in [-0.1, -0.05) is 26.2 Å². The Balaban J connectivity index is 1.65. The zero-order valence-corrected chi connectivity index (χ0v) is 23.9. The monoisotopic (exact) mass is 550 g/mol. The van der Waals surface area contributed by atoms with Gasteiger partial charge in [0.25, 0.3) is 0 Å². The van der Waals surface area contributed by atoms with Crippen LogP contribution in [0.15, 0.2) is 47.5 Å². The molecule has 4 aromatic rings. The summed E-state index contributed by atoms with van der Waals surface area (Å²) in [5.74, 6) is 0.426. The molecule has 1 aliphatic rings. The third kappa shape index (κ3) is 4.69. The van der Waals surface area contributed by atoms with Gasteiger partial charge in [-0.3, -0.25) is 9.13 Å². The molecule has 8 nitrogen and oxygen atoms in total. The molecule has 0 bridgehead atoms. The first-order valence-electron chi connectivity index (χ1n) is 13.3. The number of aromatic nitrogens is 4. The van der Waals surface area contributed by atoms with Gasteiger partial charge >= 0.3 is 5.69 Å². The molecule has 2 aromatic carbocycles. The van der Waals surface area contributed by atoms with E-state index in [-0.39, 0.29) is 18.1 Å². The number of anilines is 1. The first-order valence-corrected chi connectivity index (χ1v) is 15.6. The van der Waals surface area contributed by atoms with Crippen LogP contribution in [-0.2, 0) is 13.0 Å². The maximum atomic E-state index is 14.4. The summed E-state index contributed by atoms with van der Waals surface area (Å²) in [6, 6.07) is 9.48. The zero-order valence-electron chi connectivity index (χ0n) is 23.0. The highest BCUT2D eigenvalue weighted by molar-refractivity contribution is 7.81. The van der Waals surface area contributed by atoms with Crippen molar-refractivity contribution in [2.45, 2.75) is 33.7 Å². The number of aliphatic hydroxyl groups excluding tert-OH is 1. The molecular formula is C29H36FN6O2P. The van der Waals surface area contributed by atoms with Crippen molar-refractivity contribution in [3.8, 4) is 17.2 Å². The molecule has 1 aliphatic heterocycles. The lowest BCUT2D eigenvalue weighted by molar-refractivity contribution is 0.321. The molecule has 3 heterocycles. The van der Waals surface area contributed by atoms with Crippen LogP contribution in [0.4, 0.5) is 10.1 Å². The van der Waals surface area contributed by atoms with Gasteiger partial charge in [-0.25, -0.2) is 13.9 Å². The maximum absolute atomic E-state index is 14.4. The summed E-state index contributed by atoms with van der Waals surface area (Å²) in [5, 5.41) is 22.3. The van der Waals surface area contributed by atoms with Crippen molar-refractivity contribution >= 4 is 24.2 Å². The Morgan fingerprint density at radius 2 is 1.87 bits per heavy atom. The molecule has 1 unspecified atom stereocenters. The second-order valence-electron chi connectivity index (χ2n) is 10.2. The Morgan fingerprint density at radius 3 is 2.54 bits per heavy atom. The molecule has 0 amide bonds. The highest BCUT2D eigenvalue weighted by Crippen LogP contribution is 2.45. The Morgan fingerprint density at radius 1 is 1.15 bits per heavy atom. The van der Waals surface area contributed by atoms with E-state index in [0.717, 1.165) is 52.8 Å². The van der Waals surface area contributed by atoms with E-state index in [1.54, 1.807) is 52.2 Å². The number of benzene rings is 2. The van der Waals surface area contributed by atoms with Gasteiger partial charge in [0.1, 0.15) is 11.6 Å². The number of hydrogen-bond donors (Lipinski definition) is 3. The maximum Gasteiger partial charge on any atom is 0.338 e. The summed E-state index contributed by atoms with van der Waals surface area (Å²) in [7, 11) is 1.86. The van der Waals surface area contributed by atoms with E-state index in [1.807, 2.05) is 25.2 Å². The average Bonchev–Trinajstić information content (AvgIpc) is 3.51. The van der Waals surface area contributed by atoms with E-state index in [9.17, 15) is 14.3 Å². The van der Waals surface area contributed by atoms with Crippen molar-refractivity contribution in [2.75, 3.05) is 37.8 Å². The highest BCUT2D eigenvalue weighted by Gasteiger charge is 2.25. The number of rotatable bonds is 8. The standard InChI is InChI=1S/C29H36FN6O2P/c1-6-39(5,14-13-37)26-8-7-21(17-25(26)31-4)34-11-12-35(29(34)38)28-23-18-32-10-9-24(23)33-36(28)22-15-19(2)27(30)20(3)16-22/h7-8,11-12,15-17,31-32,37H,5-6,9-10,13-14,18H2,1-4H3. The molecule has 0 fully saturated rings. The van der Waals surface area contributed by atoms with Gasteiger partial charge in [0.2, 0.25) is 0 Å². The Bertz CT molecular complexity index is 1630. The summed E-state index contributed by atoms with van der Waals surface area (Å²) >= 11 is 0. The van der Waals surface area contributed by atoms with E-state index in [2.05, 4.69) is 23.9 Å². The van der Waals surface area contributed by atoms with Gasteiger partial charge in [0.15, 0.2) is 0 Å². The fraction of sp³-hybridized carbons (Fsp3) is 0.345. The fourth-order valence-electron chi connectivity index (χ4n) is 5.42. The summed E-state index contributed by atoms with van der Waals surface area (Å²) < 4.78 is 19.4. The van der Waals surface area contributed by atoms with E-state index in [0.29, 0.717) is 29.7 Å². The quantitative estimate of drug-likeness (QED) is 0.293. The first-order chi connectivity index (χ1) is 18.7. The van der Waals surface area contributed by atoms with E-state index >= 15 is 0 Å². The number of halogens is 1. The molecule has 0 saturated heterocycles. The van der Waals surface area contributed by atoms with Gasteiger partial charge in [0, 0.05) is 56.8 Å². The normalized spacial score (nSPS) is 14.7. The van der Waals surface area contributed by atoms with Crippen molar-refractivity contribution in [2.24, 2.45) is 0 Å². The van der Waals surface area contributed by atoms with Crippen molar-refractivity contribution in [3.63, 3.8) is 0 Å². The summed E-state index contributed by atoms with van der Waals surface area (Å²) in [5.41, 5.74) is 5.09. The number of aliphatic hydroxyl groups is 1. The van der Waals surface area contributed by atoms with E-state index in [4.69, 9.17) is 5.10 Å². The highest BCUT2D eigenvalue weighted by atomic mass is 31.2. The lowest BCUT2D eigenvalue weighted by atomic mass is 10.1. The topological polar surface area (TPSA) is 89.0 Å². The van der Waals surface area contributed by atoms with Crippen LogP contribution in [0.25, 0.3) is 17.2 Å². The van der Waals surface area contributed by atoms with Crippen molar-refractivity contribution < 1.29 is 9.50 Å². The van der Waals surface area contributed by atoms with Crippen molar-refractivity contribution in [1.82, 2.24) is 24.2 Å². The fourth-order valence-corrected chi connectivity index (χ4v) is 7.78.